The van der Waals surface area contributed by atoms with Crippen molar-refractivity contribution in [2.45, 2.75) is 70.5 Å². The van der Waals surface area contributed by atoms with Crippen molar-refractivity contribution in [1.29, 1.82) is 0 Å². The molecule has 0 heterocycles. The van der Waals surface area contributed by atoms with E-state index in [2.05, 4.69) is 0 Å². The molecule has 0 aromatic heterocycles. The molecule has 0 aromatic carbocycles. The van der Waals surface area contributed by atoms with E-state index in [1.165, 1.54) is 12.8 Å². The number of rotatable bonds is 11. The normalized spacial score (nSPS) is 10.9. The molecular weight excluding hydrogens is 206 g/mol. The smallest absolute Gasteiger partial charge is 0.217 e. The summed E-state index contributed by atoms with van der Waals surface area (Å²) in [5.74, 6) is -0.206. The maximum atomic E-state index is 10.4. The topological polar surface area (TPSA) is 83.6 Å². The van der Waals surface area contributed by atoms with Crippen molar-refractivity contribution in [3.05, 3.63) is 0 Å². The molecule has 0 aliphatic heterocycles. The largest absolute Gasteiger partial charge is 0.370 e. The zero-order valence-corrected chi connectivity index (χ0v) is 10.0. The quantitative estimate of drug-likeness (QED) is 0.373. The second-order valence-electron chi connectivity index (χ2n) is 4.31. The molecule has 96 valence electrons. The third kappa shape index (κ3) is 13.4. The Morgan fingerprint density at radius 3 is 1.75 bits per heavy atom. The molecule has 0 saturated heterocycles. The van der Waals surface area contributed by atoms with Gasteiger partial charge in [-0.3, -0.25) is 4.79 Å². The van der Waals surface area contributed by atoms with Gasteiger partial charge >= 0.3 is 0 Å². The highest BCUT2D eigenvalue weighted by atomic mass is 16.5. The van der Waals surface area contributed by atoms with E-state index in [-0.39, 0.29) is 5.91 Å². The van der Waals surface area contributed by atoms with Crippen LogP contribution < -0.4 is 5.73 Å². The minimum atomic E-state index is -1.14. The van der Waals surface area contributed by atoms with Gasteiger partial charge in [-0.2, -0.15) is 0 Å². The van der Waals surface area contributed by atoms with Crippen LogP contribution in [0.2, 0.25) is 0 Å². The fourth-order valence-corrected chi connectivity index (χ4v) is 1.69. The molecule has 0 atom stereocenters. The molecule has 16 heavy (non-hydrogen) atoms. The molecule has 0 rings (SSSR count). The molecular formula is C12H25NO3. The molecule has 4 nitrogen and oxygen atoms in total. The third-order valence-corrected chi connectivity index (χ3v) is 2.64. The van der Waals surface area contributed by atoms with Crippen LogP contribution in [0.4, 0.5) is 0 Å². The Morgan fingerprint density at radius 2 is 1.31 bits per heavy atom. The van der Waals surface area contributed by atoms with Gasteiger partial charge in [0.2, 0.25) is 5.91 Å². The molecule has 4 heteroatoms. The van der Waals surface area contributed by atoms with Crippen molar-refractivity contribution in [3.63, 3.8) is 0 Å². The SMILES string of the molecule is NC(=O)CCCCCCCCCCC(O)O. The first-order chi connectivity index (χ1) is 7.63. The minimum absolute atomic E-state index is 0.206. The van der Waals surface area contributed by atoms with Crippen LogP contribution in [-0.2, 0) is 4.79 Å². The predicted molar refractivity (Wildman–Crippen MR) is 63.6 cm³/mol. The van der Waals surface area contributed by atoms with Crippen LogP contribution in [0, 0.1) is 0 Å². The minimum Gasteiger partial charge on any atom is -0.370 e. The number of hydrogen-bond donors (Lipinski definition) is 3. The number of hydrogen-bond acceptors (Lipinski definition) is 3. The van der Waals surface area contributed by atoms with Crippen LogP contribution in [0.3, 0.4) is 0 Å². The van der Waals surface area contributed by atoms with Gasteiger partial charge in [-0.05, 0) is 19.3 Å². The summed E-state index contributed by atoms with van der Waals surface area (Å²) in [6, 6.07) is 0. The lowest BCUT2D eigenvalue weighted by Crippen LogP contribution is -2.09. The third-order valence-electron chi connectivity index (χ3n) is 2.64. The molecule has 0 bridgehead atoms. The highest BCUT2D eigenvalue weighted by Crippen LogP contribution is 2.10. The van der Waals surface area contributed by atoms with E-state index in [0.717, 1.165) is 38.5 Å². The molecule has 0 aromatic rings. The van der Waals surface area contributed by atoms with Crippen molar-refractivity contribution < 1.29 is 15.0 Å². The molecule has 0 unspecified atom stereocenters. The Labute approximate surface area is 97.8 Å². The summed E-state index contributed by atoms with van der Waals surface area (Å²) in [5.41, 5.74) is 5.03. The van der Waals surface area contributed by atoms with Gasteiger partial charge in [0.15, 0.2) is 6.29 Å². The first-order valence-electron chi connectivity index (χ1n) is 6.27. The van der Waals surface area contributed by atoms with Crippen LogP contribution in [0.1, 0.15) is 64.2 Å². The van der Waals surface area contributed by atoms with Crippen molar-refractivity contribution in [2.75, 3.05) is 0 Å². The van der Waals surface area contributed by atoms with E-state index in [4.69, 9.17) is 15.9 Å². The van der Waals surface area contributed by atoms with E-state index >= 15 is 0 Å². The van der Waals surface area contributed by atoms with Gasteiger partial charge in [-0.1, -0.05) is 38.5 Å². The lowest BCUT2D eigenvalue weighted by molar-refractivity contribution is -0.118. The average molecular weight is 231 g/mol. The van der Waals surface area contributed by atoms with Crippen LogP contribution in [-0.4, -0.2) is 22.4 Å². The van der Waals surface area contributed by atoms with Crippen molar-refractivity contribution >= 4 is 5.91 Å². The van der Waals surface area contributed by atoms with Gasteiger partial charge in [0.25, 0.3) is 0 Å². The van der Waals surface area contributed by atoms with E-state index in [0.29, 0.717) is 12.8 Å². The van der Waals surface area contributed by atoms with Gasteiger partial charge in [-0.25, -0.2) is 0 Å². The number of carbonyl (C=O) groups excluding carboxylic acids is 1. The maximum absolute atomic E-state index is 10.4. The highest BCUT2D eigenvalue weighted by Gasteiger charge is 1.97. The summed E-state index contributed by atoms with van der Waals surface area (Å²) in [5, 5.41) is 17.2. The Morgan fingerprint density at radius 1 is 0.875 bits per heavy atom. The maximum Gasteiger partial charge on any atom is 0.217 e. The fourth-order valence-electron chi connectivity index (χ4n) is 1.69. The number of aliphatic hydroxyl groups excluding tert-OH is 1. The Bertz CT molecular complexity index is 172. The lowest BCUT2D eigenvalue weighted by atomic mass is 10.1. The monoisotopic (exact) mass is 231 g/mol. The summed E-state index contributed by atoms with van der Waals surface area (Å²) in [7, 11) is 0. The standard InChI is InChI=1S/C12H25NO3/c13-11(14)9-7-5-3-1-2-4-6-8-10-12(15)16/h12,15-16H,1-10H2,(H2,13,14). The molecule has 4 N–H and O–H groups in total. The Hall–Kier alpha value is -0.610. The van der Waals surface area contributed by atoms with Crippen LogP contribution in [0.5, 0.6) is 0 Å². The number of nitrogens with two attached hydrogens (primary N) is 1. The zero-order valence-electron chi connectivity index (χ0n) is 10.0. The molecule has 0 aliphatic carbocycles. The van der Waals surface area contributed by atoms with Gasteiger partial charge in [0.05, 0.1) is 0 Å². The van der Waals surface area contributed by atoms with Crippen LogP contribution in [0.25, 0.3) is 0 Å². The molecule has 0 radical (unpaired) electrons. The van der Waals surface area contributed by atoms with E-state index in [9.17, 15) is 4.79 Å². The van der Waals surface area contributed by atoms with Gasteiger partial charge < -0.3 is 15.9 Å². The van der Waals surface area contributed by atoms with E-state index in [1.807, 2.05) is 0 Å². The number of primary amides is 1. The van der Waals surface area contributed by atoms with Crippen molar-refractivity contribution in [3.8, 4) is 0 Å². The molecule has 0 aliphatic rings. The lowest BCUT2D eigenvalue weighted by Gasteiger charge is -2.03. The first kappa shape index (κ1) is 15.4. The highest BCUT2D eigenvalue weighted by molar-refractivity contribution is 5.73. The summed E-state index contributed by atoms with van der Waals surface area (Å²) >= 11 is 0. The van der Waals surface area contributed by atoms with Gasteiger partial charge in [0, 0.05) is 6.42 Å². The summed E-state index contributed by atoms with van der Waals surface area (Å²) in [6.45, 7) is 0. The number of unbranched alkanes of at least 4 members (excludes halogenated alkanes) is 7. The zero-order chi connectivity index (χ0) is 12.2. The van der Waals surface area contributed by atoms with Crippen LogP contribution >= 0.6 is 0 Å². The summed E-state index contributed by atoms with van der Waals surface area (Å²) in [4.78, 5) is 10.4. The second-order valence-corrected chi connectivity index (χ2v) is 4.31. The number of carbonyl (C=O) groups is 1. The Kier molecular flexibility index (Phi) is 10.5. The second kappa shape index (κ2) is 10.9. The predicted octanol–water partition coefficient (Wildman–Crippen LogP) is 1.68. The van der Waals surface area contributed by atoms with E-state index in [1.54, 1.807) is 0 Å². The van der Waals surface area contributed by atoms with Gasteiger partial charge in [-0.15, -0.1) is 0 Å². The van der Waals surface area contributed by atoms with Gasteiger partial charge in [0.1, 0.15) is 0 Å². The van der Waals surface area contributed by atoms with E-state index < -0.39 is 6.29 Å². The Balaban J connectivity index is 2.96. The molecule has 1 amide bonds. The molecule has 0 spiro atoms. The van der Waals surface area contributed by atoms with Crippen molar-refractivity contribution in [2.24, 2.45) is 5.73 Å². The van der Waals surface area contributed by atoms with Crippen molar-refractivity contribution in [1.82, 2.24) is 0 Å². The number of amides is 1. The first-order valence-corrected chi connectivity index (χ1v) is 6.27. The fraction of sp³-hybridized carbons (Fsp3) is 0.917. The van der Waals surface area contributed by atoms with Crippen LogP contribution in [0.15, 0.2) is 0 Å². The summed E-state index contributed by atoms with van der Waals surface area (Å²) in [6.07, 6.45) is 8.50. The average Bonchev–Trinajstić information content (AvgIpc) is 2.20. The number of aliphatic hydroxyl groups is 2. The summed E-state index contributed by atoms with van der Waals surface area (Å²) < 4.78 is 0. The molecule has 0 saturated carbocycles. The molecule has 0 fully saturated rings.